The summed E-state index contributed by atoms with van der Waals surface area (Å²) in [7, 11) is 1.53. The molecular formula is C16H9Br2ClO4. The van der Waals surface area contributed by atoms with E-state index in [0.717, 1.165) is 0 Å². The lowest BCUT2D eigenvalue weighted by molar-refractivity contribution is 0.101. The second-order valence-electron chi connectivity index (χ2n) is 4.73. The summed E-state index contributed by atoms with van der Waals surface area (Å²) in [6.07, 6.45) is 1.54. The van der Waals surface area contributed by atoms with E-state index in [0.29, 0.717) is 36.6 Å². The van der Waals surface area contributed by atoms with Gasteiger partial charge in [0.1, 0.15) is 10.2 Å². The Morgan fingerprint density at radius 3 is 2.70 bits per heavy atom. The van der Waals surface area contributed by atoms with E-state index in [1.807, 2.05) is 0 Å². The number of ether oxygens (including phenoxy) is 2. The van der Waals surface area contributed by atoms with Crippen LogP contribution >= 0.6 is 43.5 Å². The van der Waals surface area contributed by atoms with Crippen molar-refractivity contribution in [2.75, 3.05) is 7.11 Å². The van der Waals surface area contributed by atoms with Crippen LogP contribution in [0.3, 0.4) is 0 Å². The molecule has 0 fully saturated rings. The molecule has 0 saturated heterocycles. The van der Waals surface area contributed by atoms with Crippen LogP contribution in [0.1, 0.15) is 15.9 Å². The maximum atomic E-state index is 12.5. The number of rotatable bonds is 2. The van der Waals surface area contributed by atoms with Crippen molar-refractivity contribution in [3.8, 4) is 17.2 Å². The third-order valence-corrected chi connectivity index (χ3v) is 4.92. The Kier molecular flexibility index (Phi) is 4.40. The molecular weight excluding hydrogens is 451 g/mol. The lowest BCUT2D eigenvalue weighted by Gasteiger charge is -2.08. The molecule has 0 amide bonds. The number of methoxy groups -OCH3 is 1. The van der Waals surface area contributed by atoms with E-state index in [1.165, 1.54) is 25.3 Å². The fourth-order valence-corrected chi connectivity index (χ4v) is 3.95. The molecule has 0 aromatic heterocycles. The van der Waals surface area contributed by atoms with Crippen molar-refractivity contribution < 1.29 is 19.4 Å². The van der Waals surface area contributed by atoms with Crippen LogP contribution in [-0.4, -0.2) is 18.0 Å². The number of phenolic OH excluding ortho intramolecular Hbond substituents is 1. The normalized spacial score (nSPS) is 14.8. The first-order valence-corrected chi connectivity index (χ1v) is 8.37. The molecule has 2 aromatic rings. The van der Waals surface area contributed by atoms with Gasteiger partial charge in [-0.25, -0.2) is 0 Å². The Bertz CT molecular complexity index is 862. The second kappa shape index (κ2) is 6.19. The third-order valence-electron chi connectivity index (χ3n) is 3.29. The summed E-state index contributed by atoms with van der Waals surface area (Å²) < 4.78 is 12.1. The Morgan fingerprint density at radius 2 is 2.04 bits per heavy atom. The SMILES string of the molecule is COc1c(Br)cc2c(c1Br)O/C(=C\c1ccc(O)cc1Cl)C2=O. The standard InChI is InChI=1S/C16H9Br2ClO4/c1-22-16-10(17)6-9-14(21)12(23-15(9)13(16)18)4-7-2-3-8(20)5-11(7)19/h2-6,20H,1H3/b12-4-. The van der Waals surface area contributed by atoms with Crippen LogP contribution in [0.25, 0.3) is 6.08 Å². The van der Waals surface area contributed by atoms with Crippen molar-refractivity contribution in [1.82, 2.24) is 0 Å². The van der Waals surface area contributed by atoms with Gasteiger partial charge in [-0.15, -0.1) is 0 Å². The molecule has 0 bridgehead atoms. The number of benzene rings is 2. The zero-order valence-corrected chi connectivity index (χ0v) is 15.6. The summed E-state index contributed by atoms with van der Waals surface area (Å²) in [4.78, 5) is 12.5. The molecule has 23 heavy (non-hydrogen) atoms. The van der Waals surface area contributed by atoms with Crippen molar-refractivity contribution in [1.29, 1.82) is 0 Å². The lowest BCUT2D eigenvalue weighted by Crippen LogP contribution is -1.98. The van der Waals surface area contributed by atoms with Gasteiger partial charge in [-0.05, 0) is 67.8 Å². The van der Waals surface area contributed by atoms with Gasteiger partial charge in [0.05, 0.1) is 22.2 Å². The summed E-state index contributed by atoms with van der Waals surface area (Å²) >= 11 is 12.8. The van der Waals surface area contributed by atoms with Gasteiger partial charge in [-0.3, -0.25) is 4.79 Å². The molecule has 2 aromatic carbocycles. The van der Waals surface area contributed by atoms with E-state index in [-0.39, 0.29) is 17.3 Å². The molecule has 0 spiro atoms. The van der Waals surface area contributed by atoms with Gasteiger partial charge in [0.25, 0.3) is 0 Å². The molecule has 3 rings (SSSR count). The fraction of sp³-hybridized carbons (Fsp3) is 0.0625. The van der Waals surface area contributed by atoms with Crippen molar-refractivity contribution in [3.05, 3.63) is 55.1 Å². The van der Waals surface area contributed by atoms with E-state index < -0.39 is 0 Å². The minimum atomic E-state index is -0.256. The minimum Gasteiger partial charge on any atom is -0.508 e. The first-order valence-electron chi connectivity index (χ1n) is 6.41. The largest absolute Gasteiger partial charge is 0.508 e. The molecule has 1 aliphatic heterocycles. The number of hydrogen-bond acceptors (Lipinski definition) is 4. The molecule has 0 unspecified atom stereocenters. The van der Waals surface area contributed by atoms with Gasteiger partial charge in [0, 0.05) is 0 Å². The Morgan fingerprint density at radius 1 is 1.30 bits per heavy atom. The number of phenols is 1. The molecule has 4 nitrogen and oxygen atoms in total. The van der Waals surface area contributed by atoms with E-state index in [4.69, 9.17) is 21.1 Å². The molecule has 0 saturated carbocycles. The van der Waals surface area contributed by atoms with Crippen molar-refractivity contribution in [2.45, 2.75) is 0 Å². The predicted octanol–water partition coefficient (Wildman–Crippen LogP) is 5.20. The average molecular weight is 461 g/mol. The topological polar surface area (TPSA) is 55.8 Å². The first-order chi connectivity index (χ1) is 10.9. The maximum Gasteiger partial charge on any atom is 0.232 e. The third kappa shape index (κ3) is 2.86. The summed E-state index contributed by atoms with van der Waals surface area (Å²) in [6, 6.07) is 6.15. The van der Waals surface area contributed by atoms with E-state index in [1.54, 1.807) is 12.1 Å². The zero-order valence-electron chi connectivity index (χ0n) is 11.7. The number of hydrogen-bond donors (Lipinski definition) is 1. The van der Waals surface area contributed by atoms with Crippen LogP contribution in [0.5, 0.6) is 17.2 Å². The zero-order chi connectivity index (χ0) is 16.7. The van der Waals surface area contributed by atoms with E-state index in [2.05, 4.69) is 31.9 Å². The molecule has 1 aliphatic rings. The van der Waals surface area contributed by atoms with Crippen molar-refractivity contribution in [2.24, 2.45) is 0 Å². The molecule has 0 radical (unpaired) electrons. The number of Topliss-reactive ketones (excluding diaryl/α,β-unsaturated/α-hetero) is 1. The number of ketones is 1. The van der Waals surface area contributed by atoms with E-state index >= 15 is 0 Å². The number of carbonyl (C=O) groups is 1. The van der Waals surface area contributed by atoms with Gasteiger partial charge in [-0.2, -0.15) is 0 Å². The van der Waals surface area contributed by atoms with Crippen molar-refractivity contribution in [3.63, 3.8) is 0 Å². The monoisotopic (exact) mass is 458 g/mol. The number of aromatic hydroxyl groups is 1. The molecule has 1 N–H and O–H groups in total. The van der Waals surface area contributed by atoms with Crippen LogP contribution in [-0.2, 0) is 0 Å². The lowest BCUT2D eigenvalue weighted by atomic mass is 10.1. The summed E-state index contributed by atoms with van der Waals surface area (Å²) in [6.45, 7) is 0. The van der Waals surface area contributed by atoms with Crippen LogP contribution in [0.4, 0.5) is 0 Å². The Hall–Kier alpha value is -1.50. The minimum absolute atomic E-state index is 0.0514. The van der Waals surface area contributed by atoms with Crippen molar-refractivity contribution >= 4 is 55.3 Å². The van der Waals surface area contributed by atoms with Gasteiger partial charge >= 0.3 is 0 Å². The van der Waals surface area contributed by atoms with Gasteiger partial charge < -0.3 is 14.6 Å². The maximum absolute atomic E-state index is 12.5. The van der Waals surface area contributed by atoms with Crippen LogP contribution in [0, 0.1) is 0 Å². The van der Waals surface area contributed by atoms with Gasteiger partial charge in [0.15, 0.2) is 17.3 Å². The highest BCUT2D eigenvalue weighted by atomic mass is 79.9. The highest BCUT2D eigenvalue weighted by molar-refractivity contribution is 9.11. The van der Waals surface area contributed by atoms with Gasteiger partial charge in [0.2, 0.25) is 5.78 Å². The van der Waals surface area contributed by atoms with Crippen LogP contribution in [0.15, 0.2) is 39.0 Å². The van der Waals surface area contributed by atoms with Crippen LogP contribution < -0.4 is 9.47 Å². The molecule has 118 valence electrons. The molecule has 0 atom stereocenters. The number of allylic oxidation sites excluding steroid dienone is 1. The van der Waals surface area contributed by atoms with E-state index in [9.17, 15) is 9.90 Å². The predicted molar refractivity (Wildman–Crippen MR) is 94.4 cm³/mol. The van der Waals surface area contributed by atoms with Gasteiger partial charge in [-0.1, -0.05) is 11.6 Å². The summed E-state index contributed by atoms with van der Waals surface area (Å²) in [5.41, 5.74) is 0.994. The Balaban J connectivity index is 2.07. The highest BCUT2D eigenvalue weighted by Gasteiger charge is 2.32. The molecule has 7 heteroatoms. The summed E-state index contributed by atoms with van der Waals surface area (Å²) in [5, 5.41) is 9.71. The second-order valence-corrected chi connectivity index (χ2v) is 6.78. The Labute approximate surface area is 153 Å². The average Bonchev–Trinajstić information content (AvgIpc) is 2.80. The smallest absolute Gasteiger partial charge is 0.232 e. The number of fused-ring (bicyclic) bond motifs is 1. The number of halogens is 3. The molecule has 1 heterocycles. The van der Waals surface area contributed by atoms with Crippen LogP contribution in [0.2, 0.25) is 5.02 Å². The summed E-state index contributed by atoms with van der Waals surface area (Å²) in [5.74, 6) is 0.883. The number of carbonyl (C=O) groups excluding carboxylic acids is 1. The molecule has 0 aliphatic carbocycles. The quantitative estimate of drug-likeness (QED) is 0.627. The highest BCUT2D eigenvalue weighted by Crippen LogP contribution is 2.47. The first kappa shape index (κ1) is 16.4. The fourth-order valence-electron chi connectivity index (χ4n) is 2.20.